The lowest BCUT2D eigenvalue weighted by molar-refractivity contribution is -0.158. The highest BCUT2D eigenvalue weighted by molar-refractivity contribution is 9.11. The predicted molar refractivity (Wildman–Crippen MR) is 146 cm³/mol. The Morgan fingerprint density at radius 1 is 1.13 bits per heavy atom. The van der Waals surface area contributed by atoms with Crippen LogP contribution >= 0.6 is 15.9 Å². The molecule has 0 aromatic rings. The largest absolute Gasteiger partial charge is 0.460 e. The number of amides is 3. The number of unbranched alkanes of at least 4 members (excludes halogenated alkanes) is 3. The van der Waals surface area contributed by atoms with E-state index in [9.17, 15) is 19.2 Å². The van der Waals surface area contributed by atoms with Crippen LogP contribution in [0.1, 0.15) is 59.3 Å². The molecule has 0 saturated carbocycles. The van der Waals surface area contributed by atoms with E-state index in [0.29, 0.717) is 36.8 Å². The Morgan fingerprint density at radius 2 is 1.87 bits per heavy atom. The van der Waals surface area contributed by atoms with E-state index in [4.69, 9.17) is 14.6 Å². The van der Waals surface area contributed by atoms with Gasteiger partial charge in [-0.25, -0.2) is 0 Å². The average Bonchev–Trinajstić information content (AvgIpc) is 3.47. The highest BCUT2D eigenvalue weighted by atomic mass is 79.9. The highest BCUT2D eigenvalue weighted by Crippen LogP contribution is 2.59. The number of aliphatic hydroxyl groups excluding tert-OH is 1. The molecule has 2 N–H and O–H groups in total. The SMILES string of the molecule is CC(C)N1C/C=C\CCC(=O)NC[C@@H](C)OC(=O)[C@@H]2[C@H]3O[C@@]4(C=C3Br)[C@H](C1=O)N(CCCCCCO)C(=O)[C@@H]24. The quantitative estimate of drug-likeness (QED) is 0.257. The van der Waals surface area contributed by atoms with E-state index < -0.39 is 41.7 Å². The number of fused-ring (bicyclic) bond motifs is 2. The van der Waals surface area contributed by atoms with Gasteiger partial charge >= 0.3 is 5.97 Å². The summed E-state index contributed by atoms with van der Waals surface area (Å²) in [7, 11) is 0. The summed E-state index contributed by atoms with van der Waals surface area (Å²) >= 11 is 3.55. The van der Waals surface area contributed by atoms with Crippen molar-refractivity contribution in [2.24, 2.45) is 11.8 Å². The van der Waals surface area contributed by atoms with E-state index in [-0.39, 0.29) is 43.3 Å². The first-order valence-electron chi connectivity index (χ1n) is 14.0. The van der Waals surface area contributed by atoms with Crippen LogP contribution in [0.15, 0.2) is 22.7 Å². The standard InChI is InChI=1S/C28H40BrN3O7/c1-17(2)31-12-9-6-7-11-20(34)30-16-18(3)38-27(37)21-22-25(35)32(13-8-4-5-10-14-33)24(26(31)36)28(22)15-19(29)23(21)39-28/h6,9,15,17-18,21-24,33H,4-5,7-8,10-14,16H2,1-3H3,(H,30,34)/b9-6-/t18-,21+,22-,23+,24+,28-/m1/s1. The van der Waals surface area contributed by atoms with Crippen LogP contribution in [-0.4, -0.2) is 94.7 Å². The number of hydrogen-bond donors (Lipinski definition) is 2. The summed E-state index contributed by atoms with van der Waals surface area (Å²) < 4.78 is 12.8. The summed E-state index contributed by atoms with van der Waals surface area (Å²) in [6.45, 7) is 6.50. The number of hydrogen-bond acceptors (Lipinski definition) is 7. The molecule has 4 heterocycles. The molecule has 0 aromatic heterocycles. The van der Waals surface area contributed by atoms with Crippen molar-refractivity contribution in [2.75, 3.05) is 26.2 Å². The fraction of sp³-hybridized carbons (Fsp3) is 0.714. The van der Waals surface area contributed by atoms with Gasteiger partial charge in [-0.1, -0.05) is 40.9 Å². The molecule has 11 heteroatoms. The molecule has 2 fully saturated rings. The van der Waals surface area contributed by atoms with E-state index >= 15 is 0 Å². The second kappa shape index (κ2) is 12.5. The van der Waals surface area contributed by atoms with Gasteiger partial charge in [-0.3, -0.25) is 19.2 Å². The molecule has 5 bridgehead atoms. The van der Waals surface area contributed by atoms with Crippen molar-refractivity contribution >= 4 is 39.6 Å². The summed E-state index contributed by atoms with van der Waals surface area (Å²) in [5, 5.41) is 11.9. The summed E-state index contributed by atoms with van der Waals surface area (Å²) in [5.41, 5.74) is -1.28. The molecular formula is C28H40BrN3O7. The Balaban J connectivity index is 1.73. The fourth-order valence-electron chi connectivity index (χ4n) is 6.15. The topological polar surface area (TPSA) is 125 Å². The van der Waals surface area contributed by atoms with E-state index in [1.54, 1.807) is 16.7 Å². The van der Waals surface area contributed by atoms with Gasteiger partial charge in [0.15, 0.2) is 0 Å². The van der Waals surface area contributed by atoms with Crippen molar-refractivity contribution in [3.63, 3.8) is 0 Å². The number of allylic oxidation sites excluding steroid dienone is 1. The van der Waals surface area contributed by atoms with E-state index in [2.05, 4.69) is 21.2 Å². The molecule has 4 rings (SSSR count). The maximum Gasteiger partial charge on any atom is 0.313 e. The summed E-state index contributed by atoms with van der Waals surface area (Å²) in [5.74, 6) is -3.03. The lowest BCUT2D eigenvalue weighted by Crippen LogP contribution is -2.57. The number of ether oxygens (including phenoxy) is 2. The van der Waals surface area contributed by atoms with Crippen molar-refractivity contribution in [1.82, 2.24) is 15.1 Å². The van der Waals surface area contributed by atoms with Crippen molar-refractivity contribution in [2.45, 2.75) is 89.2 Å². The number of esters is 1. The van der Waals surface area contributed by atoms with Crippen LogP contribution in [0, 0.1) is 11.8 Å². The van der Waals surface area contributed by atoms with E-state index in [0.717, 1.165) is 12.8 Å². The maximum absolute atomic E-state index is 14.3. The first-order valence-corrected chi connectivity index (χ1v) is 14.8. The Morgan fingerprint density at radius 3 is 2.59 bits per heavy atom. The number of nitrogens with zero attached hydrogens (tertiary/aromatic N) is 2. The number of carbonyl (C=O) groups is 4. The highest BCUT2D eigenvalue weighted by Gasteiger charge is 2.74. The molecule has 216 valence electrons. The van der Waals surface area contributed by atoms with Crippen LogP contribution in [0.2, 0.25) is 0 Å². The van der Waals surface area contributed by atoms with Crippen LogP contribution in [0.5, 0.6) is 0 Å². The molecular weight excluding hydrogens is 570 g/mol. The Labute approximate surface area is 238 Å². The van der Waals surface area contributed by atoms with Crippen LogP contribution in [0.4, 0.5) is 0 Å². The molecule has 0 unspecified atom stereocenters. The Kier molecular flexibility index (Phi) is 9.54. The maximum atomic E-state index is 14.3. The zero-order valence-corrected chi connectivity index (χ0v) is 24.5. The fourth-order valence-corrected chi connectivity index (χ4v) is 6.89. The normalized spacial score (nSPS) is 34.3. The van der Waals surface area contributed by atoms with Crippen molar-refractivity contribution in [1.29, 1.82) is 0 Å². The minimum Gasteiger partial charge on any atom is -0.460 e. The second-order valence-electron chi connectivity index (χ2n) is 11.1. The summed E-state index contributed by atoms with van der Waals surface area (Å²) in [6.07, 6.45) is 8.03. The Bertz CT molecular complexity index is 1030. The van der Waals surface area contributed by atoms with E-state index in [1.165, 1.54) is 0 Å². The average molecular weight is 611 g/mol. The lowest BCUT2D eigenvalue weighted by atomic mass is 9.74. The molecule has 4 aliphatic heterocycles. The van der Waals surface area contributed by atoms with Gasteiger partial charge in [-0.15, -0.1) is 0 Å². The third kappa shape index (κ3) is 5.81. The molecule has 0 aliphatic carbocycles. The number of halogens is 1. The number of rotatable bonds is 7. The van der Waals surface area contributed by atoms with E-state index in [1.807, 2.05) is 32.1 Å². The first-order chi connectivity index (χ1) is 18.6. The van der Waals surface area contributed by atoms with Gasteiger partial charge < -0.3 is 29.7 Å². The minimum atomic E-state index is -1.28. The van der Waals surface area contributed by atoms with Crippen molar-refractivity contribution in [3.8, 4) is 0 Å². The summed E-state index contributed by atoms with van der Waals surface area (Å²) in [6, 6.07) is -1.08. The third-order valence-electron chi connectivity index (χ3n) is 8.06. The van der Waals surface area contributed by atoms with Gasteiger partial charge in [0.2, 0.25) is 17.7 Å². The zero-order chi connectivity index (χ0) is 28.3. The van der Waals surface area contributed by atoms with Gasteiger partial charge in [0.1, 0.15) is 29.8 Å². The number of likely N-dealkylation sites (tertiary alicyclic amines) is 1. The summed E-state index contributed by atoms with van der Waals surface area (Å²) in [4.78, 5) is 57.4. The first kappa shape index (κ1) is 29.7. The van der Waals surface area contributed by atoms with Gasteiger partial charge in [-0.05, 0) is 46.1 Å². The molecule has 10 nitrogen and oxygen atoms in total. The molecule has 0 aromatic carbocycles. The zero-order valence-electron chi connectivity index (χ0n) is 22.9. The molecule has 6 atom stereocenters. The smallest absolute Gasteiger partial charge is 0.313 e. The van der Waals surface area contributed by atoms with Crippen LogP contribution in [-0.2, 0) is 28.7 Å². The monoisotopic (exact) mass is 609 g/mol. The number of nitrogens with one attached hydrogen (secondary N) is 1. The van der Waals surface area contributed by atoms with Gasteiger partial charge in [0, 0.05) is 36.6 Å². The van der Waals surface area contributed by atoms with Crippen LogP contribution < -0.4 is 5.32 Å². The Hall–Kier alpha value is -2.24. The number of carbonyl (C=O) groups excluding carboxylic acids is 4. The molecule has 1 spiro atoms. The minimum absolute atomic E-state index is 0.117. The van der Waals surface area contributed by atoms with Crippen LogP contribution in [0.3, 0.4) is 0 Å². The second-order valence-corrected chi connectivity index (χ2v) is 12.1. The van der Waals surface area contributed by atoms with Crippen molar-refractivity contribution in [3.05, 3.63) is 22.7 Å². The molecule has 39 heavy (non-hydrogen) atoms. The van der Waals surface area contributed by atoms with Gasteiger partial charge in [-0.2, -0.15) is 0 Å². The number of cyclic esters (lactones) is 1. The van der Waals surface area contributed by atoms with Gasteiger partial charge in [0.25, 0.3) is 0 Å². The van der Waals surface area contributed by atoms with Gasteiger partial charge in [0.05, 0.1) is 12.5 Å². The molecule has 0 radical (unpaired) electrons. The molecule has 3 amide bonds. The third-order valence-corrected chi connectivity index (χ3v) is 8.74. The molecule has 2 saturated heterocycles. The molecule has 4 aliphatic rings. The van der Waals surface area contributed by atoms with Crippen LogP contribution in [0.25, 0.3) is 0 Å². The lowest BCUT2D eigenvalue weighted by Gasteiger charge is -2.37. The van der Waals surface area contributed by atoms with Crippen molar-refractivity contribution < 1.29 is 33.8 Å². The number of aliphatic hydroxyl groups is 1. The predicted octanol–water partition coefficient (Wildman–Crippen LogP) is 2.05.